The molecule has 0 radical (unpaired) electrons. The number of benzene rings is 1. The van der Waals surface area contributed by atoms with Crippen molar-refractivity contribution < 1.29 is 9.47 Å². The lowest BCUT2D eigenvalue weighted by molar-refractivity contribution is 0.184. The normalized spacial score (nSPS) is 18.2. The minimum atomic E-state index is 0.316. The quantitative estimate of drug-likeness (QED) is 0.601. The van der Waals surface area contributed by atoms with Crippen molar-refractivity contribution in [2.45, 2.75) is 19.4 Å². The van der Waals surface area contributed by atoms with E-state index < -0.39 is 0 Å². The van der Waals surface area contributed by atoms with Crippen molar-refractivity contribution in [3.05, 3.63) is 29.8 Å². The summed E-state index contributed by atoms with van der Waals surface area (Å²) in [4.78, 5) is 0. The summed E-state index contributed by atoms with van der Waals surface area (Å²) in [5.41, 5.74) is 1.15. The van der Waals surface area contributed by atoms with Gasteiger partial charge in [-0.15, -0.1) is 6.42 Å². The maximum atomic E-state index is 5.52. The molecular formula is C16H21NO2. The number of nitrogens with one attached hydrogen (secondary N) is 1. The predicted molar refractivity (Wildman–Crippen MR) is 76.0 cm³/mol. The minimum absolute atomic E-state index is 0.316. The van der Waals surface area contributed by atoms with Gasteiger partial charge >= 0.3 is 0 Å². The van der Waals surface area contributed by atoms with Gasteiger partial charge in [-0.2, -0.15) is 0 Å². The van der Waals surface area contributed by atoms with Crippen molar-refractivity contribution in [3.8, 4) is 18.1 Å². The molecule has 1 atom stereocenters. The SMILES string of the molecule is C#CCOc1ccccc1CNCCC1CCOC1. The van der Waals surface area contributed by atoms with Crippen LogP contribution in [-0.4, -0.2) is 26.4 Å². The van der Waals surface area contributed by atoms with E-state index in [1.165, 1.54) is 12.8 Å². The molecule has 0 amide bonds. The number of rotatable bonds is 7. The zero-order valence-electron chi connectivity index (χ0n) is 11.2. The number of terminal acetylenes is 1. The fraction of sp³-hybridized carbons (Fsp3) is 0.500. The third-order valence-corrected chi connectivity index (χ3v) is 3.35. The largest absolute Gasteiger partial charge is 0.481 e. The number of para-hydroxylation sites is 1. The smallest absolute Gasteiger partial charge is 0.148 e. The van der Waals surface area contributed by atoms with E-state index in [-0.39, 0.29) is 0 Å². The molecule has 1 aromatic carbocycles. The highest BCUT2D eigenvalue weighted by Crippen LogP contribution is 2.18. The van der Waals surface area contributed by atoms with Crippen LogP contribution in [0, 0.1) is 18.3 Å². The summed E-state index contributed by atoms with van der Waals surface area (Å²) >= 11 is 0. The predicted octanol–water partition coefficient (Wildman–Crippen LogP) is 2.21. The van der Waals surface area contributed by atoms with Gasteiger partial charge in [0.25, 0.3) is 0 Å². The molecule has 2 rings (SSSR count). The van der Waals surface area contributed by atoms with Gasteiger partial charge in [-0.25, -0.2) is 0 Å². The van der Waals surface area contributed by atoms with Crippen molar-refractivity contribution >= 4 is 0 Å². The Morgan fingerprint density at radius 1 is 1.42 bits per heavy atom. The number of hydrogen-bond donors (Lipinski definition) is 1. The molecular weight excluding hydrogens is 238 g/mol. The fourth-order valence-electron chi connectivity index (χ4n) is 2.25. The zero-order chi connectivity index (χ0) is 13.3. The van der Waals surface area contributed by atoms with Gasteiger partial charge in [0.15, 0.2) is 0 Å². The van der Waals surface area contributed by atoms with Crippen molar-refractivity contribution in [3.63, 3.8) is 0 Å². The summed E-state index contributed by atoms with van der Waals surface area (Å²) in [6.45, 7) is 3.99. The van der Waals surface area contributed by atoms with Gasteiger partial charge < -0.3 is 14.8 Å². The van der Waals surface area contributed by atoms with Crippen LogP contribution in [0.25, 0.3) is 0 Å². The molecule has 1 aliphatic heterocycles. The topological polar surface area (TPSA) is 30.5 Å². The van der Waals surface area contributed by atoms with Crippen LogP contribution in [0.4, 0.5) is 0 Å². The maximum absolute atomic E-state index is 5.52. The van der Waals surface area contributed by atoms with E-state index in [1.54, 1.807) is 0 Å². The van der Waals surface area contributed by atoms with Gasteiger partial charge in [-0.3, -0.25) is 0 Å². The molecule has 0 aliphatic carbocycles. The second-order valence-electron chi connectivity index (χ2n) is 4.80. The second-order valence-corrected chi connectivity index (χ2v) is 4.80. The van der Waals surface area contributed by atoms with Crippen LogP contribution in [0.2, 0.25) is 0 Å². The molecule has 0 bridgehead atoms. The Morgan fingerprint density at radius 2 is 2.32 bits per heavy atom. The maximum Gasteiger partial charge on any atom is 0.148 e. The monoisotopic (exact) mass is 259 g/mol. The van der Waals surface area contributed by atoms with Gasteiger partial charge in [0.2, 0.25) is 0 Å². The van der Waals surface area contributed by atoms with Crippen LogP contribution in [0.5, 0.6) is 5.75 Å². The summed E-state index contributed by atoms with van der Waals surface area (Å²) < 4.78 is 10.9. The highest BCUT2D eigenvalue weighted by atomic mass is 16.5. The van der Waals surface area contributed by atoms with Gasteiger partial charge in [-0.1, -0.05) is 24.1 Å². The van der Waals surface area contributed by atoms with E-state index in [2.05, 4.69) is 17.3 Å². The first-order chi connectivity index (χ1) is 9.40. The Hall–Kier alpha value is -1.50. The van der Waals surface area contributed by atoms with Gasteiger partial charge in [0.05, 0.1) is 0 Å². The molecule has 1 saturated heterocycles. The molecule has 19 heavy (non-hydrogen) atoms. The number of ether oxygens (including phenoxy) is 2. The van der Waals surface area contributed by atoms with Crippen molar-refractivity contribution in [2.24, 2.45) is 5.92 Å². The van der Waals surface area contributed by atoms with Crippen LogP contribution in [0.1, 0.15) is 18.4 Å². The van der Waals surface area contributed by atoms with Gasteiger partial charge in [0.1, 0.15) is 12.4 Å². The second kappa shape index (κ2) is 7.83. The highest BCUT2D eigenvalue weighted by Gasteiger charge is 2.14. The van der Waals surface area contributed by atoms with Crippen molar-refractivity contribution in [2.75, 3.05) is 26.4 Å². The lowest BCUT2D eigenvalue weighted by atomic mass is 10.1. The van der Waals surface area contributed by atoms with E-state index in [4.69, 9.17) is 15.9 Å². The van der Waals surface area contributed by atoms with E-state index in [9.17, 15) is 0 Å². The van der Waals surface area contributed by atoms with Crippen LogP contribution >= 0.6 is 0 Å². The average Bonchev–Trinajstić information content (AvgIpc) is 2.95. The summed E-state index contributed by atoms with van der Waals surface area (Å²) in [5.74, 6) is 4.09. The first-order valence-electron chi connectivity index (χ1n) is 6.83. The Morgan fingerprint density at radius 3 is 3.11 bits per heavy atom. The molecule has 1 unspecified atom stereocenters. The Balaban J connectivity index is 1.73. The molecule has 3 nitrogen and oxygen atoms in total. The zero-order valence-corrected chi connectivity index (χ0v) is 11.2. The summed E-state index contributed by atoms with van der Waals surface area (Å²) in [7, 11) is 0. The molecule has 1 fully saturated rings. The fourth-order valence-corrected chi connectivity index (χ4v) is 2.25. The number of hydrogen-bond acceptors (Lipinski definition) is 3. The van der Waals surface area contributed by atoms with E-state index in [1.807, 2.05) is 18.2 Å². The highest BCUT2D eigenvalue weighted by molar-refractivity contribution is 5.33. The molecule has 0 spiro atoms. The van der Waals surface area contributed by atoms with Crippen molar-refractivity contribution in [1.82, 2.24) is 5.32 Å². The standard InChI is InChI=1S/C16H21NO2/c1-2-10-19-16-6-4-3-5-15(16)12-17-9-7-14-8-11-18-13-14/h1,3-6,14,17H,7-13H2. The lowest BCUT2D eigenvalue weighted by Gasteiger charge is -2.12. The van der Waals surface area contributed by atoms with Crippen LogP contribution in [0.15, 0.2) is 24.3 Å². The summed E-state index contributed by atoms with van der Waals surface area (Å²) in [6.07, 6.45) is 7.59. The minimum Gasteiger partial charge on any atom is -0.481 e. The van der Waals surface area contributed by atoms with E-state index in [0.717, 1.165) is 43.5 Å². The van der Waals surface area contributed by atoms with E-state index >= 15 is 0 Å². The van der Waals surface area contributed by atoms with Crippen molar-refractivity contribution in [1.29, 1.82) is 0 Å². The molecule has 1 heterocycles. The Bertz CT molecular complexity index is 419. The van der Waals surface area contributed by atoms with Gasteiger partial charge in [-0.05, 0) is 31.4 Å². The first kappa shape index (κ1) is 13.9. The lowest BCUT2D eigenvalue weighted by Crippen LogP contribution is -2.18. The summed E-state index contributed by atoms with van der Waals surface area (Å²) in [6, 6.07) is 8.01. The molecule has 1 aliphatic rings. The molecule has 1 N–H and O–H groups in total. The molecule has 0 aromatic heterocycles. The third kappa shape index (κ3) is 4.59. The molecule has 3 heteroatoms. The Kier molecular flexibility index (Phi) is 5.74. The van der Waals surface area contributed by atoms with Crippen LogP contribution in [0.3, 0.4) is 0 Å². The molecule has 102 valence electrons. The summed E-state index contributed by atoms with van der Waals surface area (Å²) in [5, 5.41) is 3.46. The van der Waals surface area contributed by atoms with Gasteiger partial charge in [0, 0.05) is 25.3 Å². The van der Waals surface area contributed by atoms with Crippen LogP contribution in [-0.2, 0) is 11.3 Å². The Labute approximate surface area is 115 Å². The third-order valence-electron chi connectivity index (χ3n) is 3.35. The first-order valence-corrected chi connectivity index (χ1v) is 6.83. The molecule has 1 aromatic rings. The average molecular weight is 259 g/mol. The van der Waals surface area contributed by atoms with Crippen LogP contribution < -0.4 is 10.1 Å². The molecule has 0 saturated carbocycles. The van der Waals surface area contributed by atoms with E-state index in [0.29, 0.717) is 6.61 Å².